The van der Waals surface area contributed by atoms with Crippen molar-refractivity contribution in [1.82, 2.24) is 10.3 Å². The molecule has 2 N–H and O–H groups in total. The lowest BCUT2D eigenvalue weighted by molar-refractivity contribution is -0.137. The second kappa shape index (κ2) is 4.37. The number of hydrogen-bond donors (Lipinski definition) is 2. The van der Waals surface area contributed by atoms with Gasteiger partial charge in [-0.15, -0.1) is 0 Å². The Morgan fingerprint density at radius 2 is 2.11 bits per heavy atom. The predicted octanol–water partition coefficient (Wildman–Crippen LogP) is 2.65. The van der Waals surface area contributed by atoms with Crippen LogP contribution in [0.15, 0.2) is 18.3 Å². The quantitative estimate of drug-likeness (QED) is 0.868. The van der Waals surface area contributed by atoms with E-state index in [-0.39, 0.29) is 6.04 Å². The number of fused-ring (bicyclic) bond motifs is 2. The zero-order valence-electron chi connectivity index (χ0n) is 10.5. The van der Waals surface area contributed by atoms with Crippen molar-refractivity contribution in [2.45, 2.75) is 44.1 Å². The number of piperidine rings is 1. The zero-order valence-corrected chi connectivity index (χ0v) is 10.5. The number of rotatable bonds is 2. The molecule has 4 unspecified atom stereocenters. The highest BCUT2D eigenvalue weighted by molar-refractivity contribution is 5.38. The molecule has 1 aliphatic heterocycles. The van der Waals surface area contributed by atoms with Crippen molar-refractivity contribution in [3.8, 4) is 0 Å². The van der Waals surface area contributed by atoms with Crippen LogP contribution in [0, 0.1) is 5.92 Å². The van der Waals surface area contributed by atoms with Gasteiger partial charge in [0.25, 0.3) is 0 Å². The topological polar surface area (TPSA) is 37.0 Å². The minimum absolute atomic E-state index is 0.269. The Hall–Kier alpha value is -1.30. The van der Waals surface area contributed by atoms with Crippen molar-refractivity contribution in [2.24, 2.45) is 5.92 Å². The van der Waals surface area contributed by atoms with E-state index in [0.717, 1.165) is 25.1 Å². The van der Waals surface area contributed by atoms with E-state index < -0.39 is 11.7 Å². The highest BCUT2D eigenvalue weighted by atomic mass is 19.4. The number of anilines is 1. The normalized spacial score (nSPS) is 33.7. The highest BCUT2D eigenvalue weighted by Gasteiger charge is 2.43. The number of pyridine rings is 1. The van der Waals surface area contributed by atoms with E-state index in [4.69, 9.17) is 0 Å². The molecule has 0 amide bonds. The first-order chi connectivity index (χ1) is 8.93. The summed E-state index contributed by atoms with van der Waals surface area (Å²) < 4.78 is 37.3. The highest BCUT2D eigenvalue weighted by Crippen LogP contribution is 2.37. The second-order valence-corrected chi connectivity index (χ2v) is 5.47. The molecule has 0 aromatic carbocycles. The van der Waals surface area contributed by atoms with Gasteiger partial charge in [0.15, 0.2) is 0 Å². The molecule has 1 aliphatic carbocycles. The smallest absolute Gasteiger partial charge is 0.366 e. The summed E-state index contributed by atoms with van der Waals surface area (Å²) in [7, 11) is 0. The molecule has 1 aromatic rings. The first kappa shape index (κ1) is 12.7. The average Bonchev–Trinajstić information content (AvgIpc) is 2.87. The predicted molar refractivity (Wildman–Crippen MR) is 65.8 cm³/mol. The lowest BCUT2D eigenvalue weighted by Gasteiger charge is -2.28. The third-order valence-corrected chi connectivity index (χ3v) is 4.21. The SMILES string of the molecule is CC1NC2CC1CC2Nc1ccc(C(F)(F)F)cn1. The summed E-state index contributed by atoms with van der Waals surface area (Å²) in [5.74, 6) is 1.18. The van der Waals surface area contributed by atoms with E-state index >= 15 is 0 Å². The second-order valence-electron chi connectivity index (χ2n) is 5.47. The van der Waals surface area contributed by atoms with E-state index in [1.54, 1.807) is 0 Å². The van der Waals surface area contributed by atoms with Gasteiger partial charge in [-0.2, -0.15) is 13.2 Å². The van der Waals surface area contributed by atoms with E-state index in [1.165, 1.54) is 6.07 Å². The fourth-order valence-corrected chi connectivity index (χ4v) is 3.14. The van der Waals surface area contributed by atoms with Gasteiger partial charge in [0.05, 0.1) is 5.56 Å². The fourth-order valence-electron chi connectivity index (χ4n) is 3.14. The molecule has 6 heteroatoms. The standard InChI is InChI=1S/C13H16F3N3/c1-7-8-4-10(18-7)11(5-8)19-12-3-2-9(6-17-12)13(14,15)16/h2-3,6-8,10-11,18H,4-5H2,1H3,(H,17,19). The molecule has 104 valence electrons. The number of nitrogens with zero attached hydrogens (tertiary/aromatic N) is 1. The van der Waals surface area contributed by atoms with Crippen molar-refractivity contribution in [1.29, 1.82) is 0 Å². The minimum atomic E-state index is -4.32. The number of nitrogens with one attached hydrogen (secondary N) is 2. The van der Waals surface area contributed by atoms with Crippen molar-refractivity contribution < 1.29 is 13.2 Å². The molecular formula is C13H16F3N3. The Morgan fingerprint density at radius 3 is 2.58 bits per heavy atom. The Bertz CT molecular complexity index is 455. The molecule has 3 rings (SSSR count). The van der Waals surface area contributed by atoms with Crippen LogP contribution in [0.25, 0.3) is 0 Å². The lowest BCUT2D eigenvalue weighted by Crippen LogP contribution is -2.45. The van der Waals surface area contributed by atoms with Crippen molar-refractivity contribution in [2.75, 3.05) is 5.32 Å². The van der Waals surface area contributed by atoms with Crippen LogP contribution in [0.4, 0.5) is 19.0 Å². The summed E-state index contributed by atoms with van der Waals surface area (Å²) in [5.41, 5.74) is -0.710. The molecule has 2 aliphatic rings. The van der Waals surface area contributed by atoms with Gasteiger partial charge in [-0.3, -0.25) is 0 Å². The first-order valence-corrected chi connectivity index (χ1v) is 6.49. The Balaban J connectivity index is 1.65. The van der Waals surface area contributed by atoms with Gasteiger partial charge in [-0.1, -0.05) is 0 Å². The molecule has 1 aromatic heterocycles. The summed E-state index contributed by atoms with van der Waals surface area (Å²) >= 11 is 0. The van der Waals surface area contributed by atoms with Crippen LogP contribution < -0.4 is 10.6 Å². The van der Waals surface area contributed by atoms with E-state index in [1.807, 2.05) is 0 Å². The molecule has 0 radical (unpaired) electrons. The molecule has 3 nitrogen and oxygen atoms in total. The maximum Gasteiger partial charge on any atom is 0.417 e. The van der Waals surface area contributed by atoms with Crippen molar-refractivity contribution >= 4 is 5.82 Å². The largest absolute Gasteiger partial charge is 0.417 e. The maximum absolute atomic E-state index is 12.4. The number of hydrogen-bond acceptors (Lipinski definition) is 3. The minimum Gasteiger partial charge on any atom is -0.366 e. The molecule has 19 heavy (non-hydrogen) atoms. The van der Waals surface area contributed by atoms with Crippen LogP contribution in [-0.4, -0.2) is 23.1 Å². The number of alkyl halides is 3. The Morgan fingerprint density at radius 1 is 1.32 bits per heavy atom. The van der Waals surface area contributed by atoms with Crippen molar-refractivity contribution in [3.05, 3.63) is 23.9 Å². The molecule has 0 spiro atoms. The van der Waals surface area contributed by atoms with Crippen LogP contribution in [0.3, 0.4) is 0 Å². The average molecular weight is 271 g/mol. The van der Waals surface area contributed by atoms with Gasteiger partial charge in [-0.05, 0) is 37.8 Å². The molecule has 1 saturated heterocycles. The van der Waals surface area contributed by atoms with Gasteiger partial charge >= 0.3 is 6.18 Å². The third kappa shape index (κ3) is 2.41. The van der Waals surface area contributed by atoms with Gasteiger partial charge in [0, 0.05) is 24.3 Å². The summed E-state index contributed by atoms with van der Waals surface area (Å²) in [4.78, 5) is 3.85. The molecule has 2 heterocycles. The zero-order chi connectivity index (χ0) is 13.6. The van der Waals surface area contributed by atoms with Crippen LogP contribution >= 0.6 is 0 Å². The van der Waals surface area contributed by atoms with Crippen LogP contribution in [0.5, 0.6) is 0 Å². The van der Waals surface area contributed by atoms with Crippen LogP contribution in [-0.2, 0) is 6.18 Å². The van der Waals surface area contributed by atoms with E-state index in [9.17, 15) is 13.2 Å². The molecule has 2 fully saturated rings. The monoisotopic (exact) mass is 271 g/mol. The molecule has 2 bridgehead atoms. The van der Waals surface area contributed by atoms with Crippen LogP contribution in [0.2, 0.25) is 0 Å². The fraction of sp³-hybridized carbons (Fsp3) is 0.615. The maximum atomic E-state index is 12.4. The summed E-state index contributed by atoms with van der Waals surface area (Å²) in [6.45, 7) is 2.18. The van der Waals surface area contributed by atoms with Gasteiger partial charge in [0.1, 0.15) is 5.82 Å². The van der Waals surface area contributed by atoms with Crippen molar-refractivity contribution in [3.63, 3.8) is 0 Å². The lowest BCUT2D eigenvalue weighted by atomic mass is 10.00. The summed E-state index contributed by atoms with van der Waals surface area (Å²) in [6, 6.07) is 3.69. The van der Waals surface area contributed by atoms with Crippen LogP contribution in [0.1, 0.15) is 25.3 Å². The Kier molecular flexibility index (Phi) is 2.92. The third-order valence-electron chi connectivity index (χ3n) is 4.21. The summed E-state index contributed by atoms with van der Waals surface area (Å²) in [5, 5.41) is 6.72. The van der Waals surface area contributed by atoms with E-state index in [0.29, 0.717) is 23.8 Å². The first-order valence-electron chi connectivity index (χ1n) is 6.49. The summed E-state index contributed by atoms with van der Waals surface area (Å²) in [6.07, 6.45) is -1.25. The van der Waals surface area contributed by atoms with Gasteiger partial charge in [-0.25, -0.2) is 4.98 Å². The molecular weight excluding hydrogens is 255 g/mol. The van der Waals surface area contributed by atoms with E-state index in [2.05, 4.69) is 22.5 Å². The Labute approximate surface area is 109 Å². The number of aromatic nitrogens is 1. The van der Waals surface area contributed by atoms with Gasteiger partial charge < -0.3 is 10.6 Å². The number of halogens is 3. The molecule has 4 atom stereocenters. The van der Waals surface area contributed by atoms with Gasteiger partial charge in [0.2, 0.25) is 0 Å². The molecule has 1 saturated carbocycles.